The van der Waals surface area contributed by atoms with Crippen LogP contribution in [-0.4, -0.2) is 38.1 Å². The van der Waals surface area contributed by atoms with Crippen molar-refractivity contribution in [2.75, 3.05) is 0 Å². The molecule has 0 rings (SSSR count). The average molecular weight is 345 g/mol. The summed E-state index contributed by atoms with van der Waals surface area (Å²) in [7, 11) is 0. The van der Waals surface area contributed by atoms with Crippen molar-refractivity contribution in [3.05, 3.63) is 0 Å². The minimum absolute atomic E-state index is 0. The molecule has 0 aliphatic carbocycles. The van der Waals surface area contributed by atoms with Gasteiger partial charge in [0.25, 0.3) is 0 Å². The van der Waals surface area contributed by atoms with E-state index in [1.165, 1.54) is 0 Å². The van der Waals surface area contributed by atoms with Gasteiger partial charge in [-0.3, -0.25) is 0 Å². The molecule has 0 spiro atoms. The Hall–Kier alpha value is 0.537. The molecule has 0 amide bonds. The van der Waals surface area contributed by atoms with Crippen LogP contribution in [-0.2, 0) is 31.3 Å². The van der Waals surface area contributed by atoms with Gasteiger partial charge in [-0.1, -0.05) is 0 Å². The molecule has 0 saturated carbocycles. The van der Waals surface area contributed by atoms with E-state index in [0.29, 0.717) is 0 Å². The molecule has 36 valence electrons. The Labute approximate surface area is 79.3 Å². The number of aliphatic carboxylic acids is 2. The minimum Gasteiger partial charge on any atom is -0.543 e. The predicted molar refractivity (Wildman–Crippen MR) is 15.8 cm³/mol. The van der Waals surface area contributed by atoms with Crippen LogP contribution in [0.2, 0.25) is 0 Å². The SMILES string of the molecule is O=C([O-])C(=O)[O-].[Bi+3].[Ti+4]. The Kier molecular flexibility index (Phi) is 14.9. The molecule has 8 heavy (non-hydrogen) atoms. The van der Waals surface area contributed by atoms with Gasteiger partial charge in [-0.15, -0.1) is 0 Å². The molecule has 2 radical (unpaired) electrons. The zero-order valence-corrected chi connectivity index (χ0v) is 8.62. The summed E-state index contributed by atoms with van der Waals surface area (Å²) in [6.07, 6.45) is 0. The van der Waals surface area contributed by atoms with Crippen molar-refractivity contribution in [1.29, 1.82) is 0 Å². The Bertz CT molecular complexity index is 80.0. The van der Waals surface area contributed by atoms with Gasteiger partial charge in [0.05, 0.1) is 11.9 Å². The number of rotatable bonds is 0. The van der Waals surface area contributed by atoms with Gasteiger partial charge in [0, 0.05) is 0 Å². The van der Waals surface area contributed by atoms with E-state index in [1.807, 2.05) is 0 Å². The van der Waals surface area contributed by atoms with Crippen molar-refractivity contribution in [1.82, 2.24) is 0 Å². The largest absolute Gasteiger partial charge is 4.00 e. The molecule has 0 aliphatic rings. The molecule has 0 saturated heterocycles. The van der Waals surface area contributed by atoms with Crippen LogP contribution in [0.5, 0.6) is 0 Å². The second-order valence-corrected chi connectivity index (χ2v) is 0.575. The Morgan fingerprint density at radius 2 is 1.12 bits per heavy atom. The van der Waals surface area contributed by atoms with E-state index in [-0.39, 0.29) is 47.9 Å². The molecule has 0 aromatic rings. The molecule has 0 fully saturated rings. The monoisotopic (exact) mass is 345 g/mol. The molecular formula is C2BiO4Ti+5. The van der Waals surface area contributed by atoms with Gasteiger partial charge >= 0.3 is 47.9 Å². The zero-order chi connectivity index (χ0) is 5.15. The van der Waals surface area contributed by atoms with Crippen LogP contribution in [0.4, 0.5) is 0 Å². The Balaban J connectivity index is -0.000000125. The van der Waals surface area contributed by atoms with E-state index >= 15 is 0 Å². The van der Waals surface area contributed by atoms with Crippen molar-refractivity contribution in [2.24, 2.45) is 0 Å². The third kappa shape index (κ3) is 9.74. The standard InChI is InChI=1S/C2H2O4.Bi.Ti/c3-1(4)2(5)6;;/h(H,3,4)(H,5,6);;/q;+3;+4/p-2. The molecule has 6 heteroatoms. The van der Waals surface area contributed by atoms with Crippen molar-refractivity contribution in [2.45, 2.75) is 0 Å². The molecule has 4 nitrogen and oxygen atoms in total. The van der Waals surface area contributed by atoms with E-state index in [1.54, 1.807) is 0 Å². The van der Waals surface area contributed by atoms with Crippen LogP contribution in [0, 0.1) is 0 Å². The number of hydrogen-bond acceptors (Lipinski definition) is 4. The molecule has 0 aromatic carbocycles. The smallest absolute Gasteiger partial charge is 0.543 e. The van der Waals surface area contributed by atoms with Crippen LogP contribution >= 0.6 is 0 Å². The molecule has 0 aliphatic heterocycles. The maximum atomic E-state index is 8.93. The van der Waals surface area contributed by atoms with Crippen LogP contribution < -0.4 is 10.2 Å². The van der Waals surface area contributed by atoms with Gasteiger partial charge in [-0.05, 0) is 0 Å². The fourth-order valence-corrected chi connectivity index (χ4v) is 0. The zero-order valence-electron chi connectivity index (χ0n) is 3.58. The number of carboxylic acids is 2. The summed E-state index contributed by atoms with van der Waals surface area (Å²) >= 11 is 0. The topological polar surface area (TPSA) is 80.3 Å². The summed E-state index contributed by atoms with van der Waals surface area (Å²) in [4.78, 5) is 17.9. The van der Waals surface area contributed by atoms with E-state index in [9.17, 15) is 0 Å². The van der Waals surface area contributed by atoms with Gasteiger partial charge in [0.2, 0.25) is 0 Å². The first-order chi connectivity index (χ1) is 2.64. The molecular weight excluding hydrogens is 345 g/mol. The maximum absolute atomic E-state index is 8.93. The summed E-state index contributed by atoms with van der Waals surface area (Å²) < 4.78 is 0. The Morgan fingerprint density at radius 3 is 1.12 bits per heavy atom. The number of carbonyl (C=O) groups excluding carboxylic acids is 2. The van der Waals surface area contributed by atoms with E-state index < -0.39 is 11.9 Å². The fourth-order valence-electron chi connectivity index (χ4n) is 0. The third-order valence-electron chi connectivity index (χ3n) is 0.167. The predicted octanol–water partition coefficient (Wildman–Crippen LogP) is -3.90. The normalized spacial score (nSPS) is 5.50. The van der Waals surface area contributed by atoms with Crippen molar-refractivity contribution >= 4 is 38.1 Å². The maximum Gasteiger partial charge on any atom is 4.00 e. The van der Waals surface area contributed by atoms with Gasteiger partial charge in [0.1, 0.15) is 0 Å². The first-order valence-corrected chi connectivity index (χ1v) is 1.07. The van der Waals surface area contributed by atoms with Crippen LogP contribution in [0.25, 0.3) is 0 Å². The third-order valence-corrected chi connectivity index (χ3v) is 0.167. The van der Waals surface area contributed by atoms with Gasteiger partial charge in [0.15, 0.2) is 0 Å². The number of carbonyl (C=O) groups is 2. The second-order valence-electron chi connectivity index (χ2n) is 0.575. The molecule has 0 heterocycles. The average Bonchev–Trinajstić information content (AvgIpc) is 1.36. The van der Waals surface area contributed by atoms with Gasteiger partial charge in [-0.2, -0.15) is 0 Å². The van der Waals surface area contributed by atoms with Crippen LogP contribution in [0.15, 0.2) is 0 Å². The van der Waals surface area contributed by atoms with Gasteiger partial charge < -0.3 is 19.8 Å². The first kappa shape index (κ1) is 15.8. The quantitative estimate of drug-likeness (QED) is 0.332. The Morgan fingerprint density at radius 1 is 1.00 bits per heavy atom. The summed E-state index contributed by atoms with van der Waals surface area (Å²) in [5.74, 6) is -4.37. The molecule has 0 bridgehead atoms. The van der Waals surface area contributed by atoms with Crippen molar-refractivity contribution < 1.29 is 41.5 Å². The van der Waals surface area contributed by atoms with E-state index in [4.69, 9.17) is 19.8 Å². The number of hydrogen-bond donors (Lipinski definition) is 0. The summed E-state index contributed by atoms with van der Waals surface area (Å²) in [6.45, 7) is 0. The molecule has 0 N–H and O–H groups in total. The van der Waals surface area contributed by atoms with Gasteiger partial charge in [-0.25, -0.2) is 0 Å². The molecule has 0 aromatic heterocycles. The summed E-state index contributed by atoms with van der Waals surface area (Å²) in [6, 6.07) is 0. The molecule has 0 atom stereocenters. The minimum atomic E-state index is -2.19. The van der Waals surface area contributed by atoms with Crippen molar-refractivity contribution in [3.63, 3.8) is 0 Å². The van der Waals surface area contributed by atoms with E-state index in [2.05, 4.69) is 0 Å². The number of carboxylic acid groups (broad SMARTS) is 2. The molecule has 0 unspecified atom stereocenters. The fraction of sp³-hybridized carbons (Fsp3) is 0. The summed E-state index contributed by atoms with van der Waals surface area (Å²) in [5.41, 5.74) is 0. The van der Waals surface area contributed by atoms with E-state index in [0.717, 1.165) is 0 Å². The summed E-state index contributed by atoms with van der Waals surface area (Å²) in [5, 5.41) is 17.9. The first-order valence-electron chi connectivity index (χ1n) is 1.07. The van der Waals surface area contributed by atoms with Crippen LogP contribution in [0.3, 0.4) is 0 Å². The van der Waals surface area contributed by atoms with Crippen LogP contribution in [0.1, 0.15) is 0 Å². The second kappa shape index (κ2) is 7.54. The van der Waals surface area contributed by atoms with Crippen molar-refractivity contribution in [3.8, 4) is 0 Å².